The van der Waals surface area contributed by atoms with Gasteiger partial charge in [-0.2, -0.15) is 4.31 Å². The average Bonchev–Trinajstić information content (AvgIpc) is 2.92. The van der Waals surface area contributed by atoms with Crippen LogP contribution in [0.5, 0.6) is 0 Å². The maximum atomic E-state index is 12.7. The maximum absolute atomic E-state index is 12.7. The SMILES string of the molecule is CCN(CC)S(=O)(=O)c1ccc(=O)n(CCN2C(=O)c3ccccc3C2=O)c1. The first-order valence-corrected chi connectivity index (χ1v) is 10.4. The van der Waals surface area contributed by atoms with E-state index in [9.17, 15) is 22.8 Å². The Balaban J connectivity index is 1.84. The second-order valence-corrected chi connectivity index (χ2v) is 8.23. The number of hydrogen-bond acceptors (Lipinski definition) is 5. The van der Waals surface area contributed by atoms with E-state index in [1.165, 1.54) is 27.2 Å². The summed E-state index contributed by atoms with van der Waals surface area (Å²) in [5, 5.41) is 0. The quantitative estimate of drug-likeness (QED) is 0.647. The average molecular weight is 403 g/mol. The highest BCUT2D eigenvalue weighted by molar-refractivity contribution is 7.89. The lowest BCUT2D eigenvalue weighted by Gasteiger charge is -2.19. The molecule has 0 saturated heterocycles. The van der Waals surface area contributed by atoms with Gasteiger partial charge < -0.3 is 4.57 Å². The Morgan fingerprint density at radius 3 is 1.96 bits per heavy atom. The number of nitrogens with zero attached hydrogens (tertiary/aromatic N) is 3. The molecule has 3 rings (SSSR count). The minimum atomic E-state index is -3.72. The Hall–Kier alpha value is -2.78. The second kappa shape index (κ2) is 7.69. The molecular formula is C19H21N3O5S. The lowest BCUT2D eigenvalue weighted by molar-refractivity contribution is 0.0648. The van der Waals surface area contributed by atoms with Crippen molar-refractivity contribution in [3.8, 4) is 0 Å². The first-order chi connectivity index (χ1) is 13.3. The van der Waals surface area contributed by atoms with Crippen LogP contribution in [-0.4, -0.2) is 53.6 Å². The molecule has 148 valence electrons. The second-order valence-electron chi connectivity index (χ2n) is 6.29. The zero-order valence-corrected chi connectivity index (χ0v) is 16.5. The van der Waals surface area contributed by atoms with Crippen LogP contribution in [0.15, 0.2) is 52.3 Å². The van der Waals surface area contributed by atoms with Gasteiger partial charge in [0, 0.05) is 38.4 Å². The van der Waals surface area contributed by atoms with Crippen LogP contribution >= 0.6 is 0 Å². The number of benzene rings is 1. The number of sulfonamides is 1. The van der Waals surface area contributed by atoms with Crippen molar-refractivity contribution in [3.63, 3.8) is 0 Å². The molecule has 28 heavy (non-hydrogen) atoms. The molecule has 1 aromatic heterocycles. The molecule has 0 bridgehead atoms. The number of fused-ring (bicyclic) bond motifs is 1. The van der Waals surface area contributed by atoms with E-state index in [4.69, 9.17) is 0 Å². The Kier molecular flexibility index (Phi) is 5.48. The van der Waals surface area contributed by atoms with Crippen molar-refractivity contribution in [1.82, 2.24) is 13.8 Å². The first kappa shape index (κ1) is 20.0. The molecule has 2 amide bonds. The Morgan fingerprint density at radius 1 is 0.857 bits per heavy atom. The molecule has 0 radical (unpaired) electrons. The molecule has 0 atom stereocenters. The van der Waals surface area contributed by atoms with Gasteiger partial charge in [-0.25, -0.2) is 8.42 Å². The van der Waals surface area contributed by atoms with Gasteiger partial charge in [0.2, 0.25) is 10.0 Å². The van der Waals surface area contributed by atoms with E-state index >= 15 is 0 Å². The molecule has 0 aliphatic carbocycles. The van der Waals surface area contributed by atoms with Crippen LogP contribution in [0.1, 0.15) is 34.6 Å². The van der Waals surface area contributed by atoms with Crippen LogP contribution in [0.2, 0.25) is 0 Å². The van der Waals surface area contributed by atoms with Crippen molar-refractivity contribution in [1.29, 1.82) is 0 Å². The molecule has 1 aromatic carbocycles. The Morgan fingerprint density at radius 2 is 1.43 bits per heavy atom. The van der Waals surface area contributed by atoms with Gasteiger partial charge in [0.05, 0.1) is 16.0 Å². The largest absolute Gasteiger partial charge is 0.312 e. The molecule has 0 fully saturated rings. The zero-order chi connectivity index (χ0) is 20.5. The summed E-state index contributed by atoms with van der Waals surface area (Å²) < 4.78 is 27.8. The van der Waals surface area contributed by atoms with E-state index in [1.54, 1.807) is 38.1 Å². The van der Waals surface area contributed by atoms with Gasteiger partial charge in [-0.3, -0.25) is 19.3 Å². The van der Waals surface area contributed by atoms with Crippen molar-refractivity contribution in [2.75, 3.05) is 19.6 Å². The first-order valence-electron chi connectivity index (χ1n) is 8.97. The highest BCUT2D eigenvalue weighted by Crippen LogP contribution is 2.22. The molecule has 0 spiro atoms. The van der Waals surface area contributed by atoms with E-state index in [0.29, 0.717) is 24.2 Å². The zero-order valence-electron chi connectivity index (χ0n) is 15.7. The fourth-order valence-corrected chi connectivity index (χ4v) is 4.68. The third kappa shape index (κ3) is 3.38. The van der Waals surface area contributed by atoms with Crippen molar-refractivity contribution in [2.45, 2.75) is 25.3 Å². The van der Waals surface area contributed by atoms with Crippen LogP contribution in [0.4, 0.5) is 0 Å². The summed E-state index contributed by atoms with van der Waals surface area (Å²) in [5.74, 6) is -0.832. The number of carbonyl (C=O) groups is 2. The summed E-state index contributed by atoms with van der Waals surface area (Å²) in [5.41, 5.74) is 0.255. The van der Waals surface area contributed by atoms with E-state index in [2.05, 4.69) is 0 Å². The number of hydrogen-bond donors (Lipinski definition) is 0. The van der Waals surface area contributed by atoms with Crippen LogP contribution in [0.25, 0.3) is 0 Å². The number of carbonyl (C=O) groups excluding carboxylic acids is 2. The lowest BCUT2D eigenvalue weighted by Crippen LogP contribution is -2.35. The summed E-state index contributed by atoms with van der Waals surface area (Å²) in [6.07, 6.45) is 1.26. The van der Waals surface area contributed by atoms with Gasteiger partial charge in [0.25, 0.3) is 17.4 Å². The predicted octanol–water partition coefficient (Wildman–Crippen LogP) is 1.17. The van der Waals surface area contributed by atoms with Crippen molar-refractivity contribution >= 4 is 21.8 Å². The van der Waals surface area contributed by atoms with E-state index in [1.807, 2.05) is 0 Å². The van der Waals surface area contributed by atoms with Crippen LogP contribution < -0.4 is 5.56 Å². The van der Waals surface area contributed by atoms with Crippen molar-refractivity contribution < 1.29 is 18.0 Å². The lowest BCUT2D eigenvalue weighted by atomic mass is 10.1. The normalized spacial score (nSPS) is 14.0. The monoisotopic (exact) mass is 403 g/mol. The summed E-state index contributed by atoms with van der Waals surface area (Å²) in [6, 6.07) is 8.98. The summed E-state index contributed by atoms with van der Waals surface area (Å²) in [7, 11) is -3.72. The molecule has 0 unspecified atom stereocenters. The van der Waals surface area contributed by atoms with Gasteiger partial charge in [-0.15, -0.1) is 0 Å². The van der Waals surface area contributed by atoms with Gasteiger partial charge >= 0.3 is 0 Å². The molecule has 2 aromatic rings. The molecule has 8 nitrogen and oxygen atoms in total. The summed E-state index contributed by atoms with van der Waals surface area (Å²) in [4.78, 5) is 38.1. The van der Waals surface area contributed by atoms with Crippen molar-refractivity contribution in [2.24, 2.45) is 0 Å². The number of aromatic nitrogens is 1. The molecule has 2 heterocycles. The Labute approximate surface area is 163 Å². The van der Waals surface area contributed by atoms with E-state index in [0.717, 1.165) is 4.90 Å². The third-order valence-electron chi connectivity index (χ3n) is 4.74. The fraction of sp³-hybridized carbons (Fsp3) is 0.316. The predicted molar refractivity (Wildman–Crippen MR) is 103 cm³/mol. The topological polar surface area (TPSA) is 96.8 Å². The number of amides is 2. The van der Waals surface area contributed by atoms with Gasteiger partial charge in [-0.1, -0.05) is 26.0 Å². The van der Waals surface area contributed by atoms with Crippen LogP contribution in [0.3, 0.4) is 0 Å². The number of rotatable bonds is 7. The minimum Gasteiger partial charge on any atom is -0.312 e. The maximum Gasteiger partial charge on any atom is 0.261 e. The van der Waals surface area contributed by atoms with E-state index in [-0.39, 0.29) is 18.0 Å². The highest BCUT2D eigenvalue weighted by Gasteiger charge is 2.34. The van der Waals surface area contributed by atoms with Crippen LogP contribution in [-0.2, 0) is 16.6 Å². The van der Waals surface area contributed by atoms with Gasteiger partial charge in [-0.05, 0) is 18.2 Å². The standard InChI is InChI=1S/C19H21N3O5S/c1-3-21(4-2)28(26,27)14-9-10-17(23)20(13-14)11-12-22-18(24)15-7-5-6-8-16(15)19(22)25/h5-10,13H,3-4,11-12H2,1-2H3. The van der Waals surface area contributed by atoms with Gasteiger partial charge in [0.1, 0.15) is 0 Å². The highest BCUT2D eigenvalue weighted by atomic mass is 32.2. The molecule has 1 aliphatic rings. The molecule has 1 aliphatic heterocycles. The summed E-state index contributed by atoms with van der Waals surface area (Å²) >= 11 is 0. The Bertz CT molecular complexity index is 1050. The van der Waals surface area contributed by atoms with E-state index < -0.39 is 27.4 Å². The molecule has 0 saturated carbocycles. The third-order valence-corrected chi connectivity index (χ3v) is 6.78. The molecule has 9 heteroatoms. The molecular weight excluding hydrogens is 382 g/mol. The van der Waals surface area contributed by atoms with Crippen molar-refractivity contribution in [3.05, 3.63) is 64.1 Å². The minimum absolute atomic E-state index is 0.00170. The van der Waals surface area contributed by atoms with Gasteiger partial charge in [0.15, 0.2) is 0 Å². The smallest absolute Gasteiger partial charge is 0.261 e. The summed E-state index contributed by atoms with van der Waals surface area (Å²) in [6.45, 7) is 4.08. The van der Waals surface area contributed by atoms with Crippen LogP contribution in [0, 0.1) is 0 Å². The molecule has 0 N–H and O–H groups in total. The number of imide groups is 1. The number of pyridine rings is 1. The fourth-order valence-electron chi connectivity index (χ4n) is 3.20.